The summed E-state index contributed by atoms with van der Waals surface area (Å²) in [6.45, 7) is 3.38. The van der Waals surface area contributed by atoms with Crippen LogP contribution in [-0.4, -0.2) is 24.2 Å². The molecule has 142 valence electrons. The maximum absolute atomic E-state index is 12.9. The topological polar surface area (TPSA) is 63.7 Å². The van der Waals surface area contributed by atoms with Crippen molar-refractivity contribution in [2.45, 2.75) is 13.5 Å². The van der Waals surface area contributed by atoms with Crippen molar-refractivity contribution in [3.63, 3.8) is 0 Å². The van der Waals surface area contributed by atoms with Crippen molar-refractivity contribution in [3.05, 3.63) is 78.1 Å². The van der Waals surface area contributed by atoms with Crippen LogP contribution in [0.5, 0.6) is 11.5 Å². The van der Waals surface area contributed by atoms with Gasteiger partial charge in [-0.05, 0) is 48.9 Å². The molecule has 1 aromatic heterocycles. The van der Waals surface area contributed by atoms with Crippen molar-refractivity contribution in [2.24, 2.45) is 0 Å². The van der Waals surface area contributed by atoms with E-state index < -0.39 is 0 Å². The SMILES string of the molecule is CCN(C(=O)c1cc(NCc2ccc3c(c2)OCO3)ccn1)c1ccccc1. The van der Waals surface area contributed by atoms with Crippen molar-refractivity contribution in [3.8, 4) is 11.5 Å². The summed E-state index contributed by atoms with van der Waals surface area (Å²) < 4.78 is 10.7. The van der Waals surface area contributed by atoms with Gasteiger partial charge in [0.25, 0.3) is 5.91 Å². The van der Waals surface area contributed by atoms with E-state index in [-0.39, 0.29) is 12.7 Å². The molecule has 4 rings (SSSR count). The Labute approximate surface area is 163 Å². The van der Waals surface area contributed by atoms with Gasteiger partial charge >= 0.3 is 0 Å². The molecule has 1 aliphatic rings. The van der Waals surface area contributed by atoms with E-state index >= 15 is 0 Å². The highest BCUT2D eigenvalue weighted by atomic mass is 16.7. The summed E-state index contributed by atoms with van der Waals surface area (Å²) in [6, 6.07) is 19.1. The van der Waals surface area contributed by atoms with Crippen LogP contribution in [0.1, 0.15) is 23.0 Å². The number of carbonyl (C=O) groups excluding carboxylic acids is 1. The monoisotopic (exact) mass is 375 g/mol. The first-order valence-electron chi connectivity index (χ1n) is 9.20. The summed E-state index contributed by atoms with van der Waals surface area (Å²) in [5, 5.41) is 3.34. The smallest absolute Gasteiger partial charge is 0.276 e. The molecule has 0 spiro atoms. The Hall–Kier alpha value is -3.54. The average molecular weight is 375 g/mol. The molecule has 6 heteroatoms. The molecule has 0 saturated carbocycles. The minimum Gasteiger partial charge on any atom is -0.454 e. The zero-order valence-corrected chi connectivity index (χ0v) is 15.6. The molecule has 6 nitrogen and oxygen atoms in total. The van der Waals surface area contributed by atoms with Crippen LogP contribution in [-0.2, 0) is 6.54 Å². The standard InChI is InChI=1S/C22H21N3O3/c1-2-25(18-6-4-3-5-7-18)22(26)19-13-17(10-11-23-19)24-14-16-8-9-20-21(12-16)28-15-27-20/h3-13H,2,14-15H2,1H3,(H,23,24). The number of anilines is 2. The number of amides is 1. The summed E-state index contributed by atoms with van der Waals surface area (Å²) in [6.07, 6.45) is 1.65. The number of rotatable bonds is 6. The van der Waals surface area contributed by atoms with Gasteiger partial charge in [-0.25, -0.2) is 0 Å². The number of benzene rings is 2. The molecule has 0 saturated heterocycles. The van der Waals surface area contributed by atoms with Crippen molar-refractivity contribution in [1.82, 2.24) is 4.98 Å². The van der Waals surface area contributed by atoms with Gasteiger partial charge in [0.05, 0.1) is 0 Å². The Morgan fingerprint density at radius 1 is 1.07 bits per heavy atom. The maximum atomic E-state index is 12.9. The summed E-state index contributed by atoms with van der Waals surface area (Å²) in [5.74, 6) is 1.40. The minimum absolute atomic E-state index is 0.125. The van der Waals surface area contributed by atoms with Crippen LogP contribution < -0.4 is 19.7 Å². The lowest BCUT2D eigenvalue weighted by molar-refractivity contribution is 0.0983. The summed E-state index contributed by atoms with van der Waals surface area (Å²) in [5.41, 5.74) is 3.16. The largest absolute Gasteiger partial charge is 0.454 e. The van der Waals surface area contributed by atoms with Gasteiger partial charge in [0.2, 0.25) is 6.79 Å². The second kappa shape index (κ2) is 8.00. The van der Waals surface area contributed by atoms with Gasteiger partial charge in [0.15, 0.2) is 11.5 Å². The molecule has 0 radical (unpaired) electrons. The van der Waals surface area contributed by atoms with Gasteiger partial charge in [0.1, 0.15) is 5.69 Å². The highest BCUT2D eigenvalue weighted by Gasteiger charge is 2.18. The average Bonchev–Trinajstić information content (AvgIpc) is 3.21. The summed E-state index contributed by atoms with van der Waals surface area (Å²) in [4.78, 5) is 18.9. The number of para-hydroxylation sites is 1. The molecule has 1 amide bonds. The number of fused-ring (bicyclic) bond motifs is 1. The fourth-order valence-corrected chi connectivity index (χ4v) is 3.10. The van der Waals surface area contributed by atoms with Crippen molar-refractivity contribution in [1.29, 1.82) is 0 Å². The van der Waals surface area contributed by atoms with Crippen LogP contribution in [0.3, 0.4) is 0 Å². The lowest BCUT2D eigenvalue weighted by Gasteiger charge is -2.20. The molecule has 1 aliphatic heterocycles. The molecule has 3 aromatic rings. The maximum Gasteiger partial charge on any atom is 0.276 e. The van der Waals surface area contributed by atoms with E-state index in [4.69, 9.17) is 9.47 Å². The molecular weight excluding hydrogens is 354 g/mol. The van der Waals surface area contributed by atoms with E-state index in [1.165, 1.54) is 0 Å². The third-order valence-corrected chi connectivity index (χ3v) is 4.54. The number of nitrogens with zero attached hydrogens (tertiary/aromatic N) is 2. The molecule has 0 unspecified atom stereocenters. The predicted octanol–water partition coefficient (Wildman–Crippen LogP) is 4.09. The zero-order valence-electron chi connectivity index (χ0n) is 15.6. The molecule has 2 aromatic carbocycles. The molecule has 0 aliphatic carbocycles. The van der Waals surface area contributed by atoms with Crippen LogP contribution in [0.4, 0.5) is 11.4 Å². The summed E-state index contributed by atoms with van der Waals surface area (Å²) >= 11 is 0. The van der Waals surface area contributed by atoms with E-state index in [9.17, 15) is 4.79 Å². The Bertz CT molecular complexity index is 976. The Kier molecular flexibility index (Phi) is 5.10. The molecule has 0 atom stereocenters. The van der Waals surface area contributed by atoms with Crippen LogP contribution in [0, 0.1) is 0 Å². The number of pyridine rings is 1. The Morgan fingerprint density at radius 3 is 2.71 bits per heavy atom. The van der Waals surface area contributed by atoms with Crippen molar-refractivity contribution in [2.75, 3.05) is 23.6 Å². The van der Waals surface area contributed by atoms with Gasteiger partial charge in [0, 0.05) is 30.7 Å². The van der Waals surface area contributed by atoms with Gasteiger partial charge < -0.3 is 19.7 Å². The predicted molar refractivity (Wildman–Crippen MR) is 108 cm³/mol. The van der Waals surface area contributed by atoms with Crippen LogP contribution >= 0.6 is 0 Å². The first kappa shape index (κ1) is 17.9. The minimum atomic E-state index is -0.125. The van der Waals surface area contributed by atoms with Crippen LogP contribution in [0.2, 0.25) is 0 Å². The molecule has 0 fully saturated rings. The van der Waals surface area contributed by atoms with Crippen molar-refractivity contribution >= 4 is 17.3 Å². The third-order valence-electron chi connectivity index (χ3n) is 4.54. The molecule has 28 heavy (non-hydrogen) atoms. The Balaban J connectivity index is 1.47. The number of carbonyl (C=O) groups is 1. The van der Waals surface area contributed by atoms with E-state index in [2.05, 4.69) is 10.3 Å². The Morgan fingerprint density at radius 2 is 1.89 bits per heavy atom. The first-order valence-corrected chi connectivity index (χ1v) is 9.20. The van der Waals surface area contributed by atoms with Gasteiger partial charge in [-0.3, -0.25) is 9.78 Å². The van der Waals surface area contributed by atoms with E-state index in [1.807, 2.05) is 61.5 Å². The molecule has 0 bridgehead atoms. The fourth-order valence-electron chi connectivity index (χ4n) is 3.10. The normalized spacial score (nSPS) is 11.9. The highest BCUT2D eigenvalue weighted by molar-refractivity contribution is 6.05. The number of hydrogen-bond donors (Lipinski definition) is 1. The number of nitrogens with one attached hydrogen (secondary N) is 1. The van der Waals surface area contributed by atoms with E-state index in [1.54, 1.807) is 17.2 Å². The fraction of sp³-hybridized carbons (Fsp3) is 0.182. The van der Waals surface area contributed by atoms with Gasteiger partial charge in [-0.1, -0.05) is 24.3 Å². The number of ether oxygens (including phenoxy) is 2. The first-order chi connectivity index (χ1) is 13.7. The van der Waals surface area contributed by atoms with Gasteiger partial charge in [-0.15, -0.1) is 0 Å². The van der Waals surface area contributed by atoms with Gasteiger partial charge in [-0.2, -0.15) is 0 Å². The lowest BCUT2D eigenvalue weighted by atomic mass is 10.2. The third kappa shape index (κ3) is 3.76. The van der Waals surface area contributed by atoms with E-state index in [0.29, 0.717) is 18.8 Å². The molecular formula is C22H21N3O3. The van der Waals surface area contributed by atoms with E-state index in [0.717, 1.165) is 28.4 Å². The van der Waals surface area contributed by atoms with Crippen LogP contribution in [0.15, 0.2) is 66.9 Å². The second-order valence-corrected chi connectivity index (χ2v) is 6.36. The van der Waals surface area contributed by atoms with Crippen LogP contribution in [0.25, 0.3) is 0 Å². The summed E-state index contributed by atoms with van der Waals surface area (Å²) in [7, 11) is 0. The lowest BCUT2D eigenvalue weighted by Crippen LogP contribution is -2.31. The number of aromatic nitrogens is 1. The second-order valence-electron chi connectivity index (χ2n) is 6.36. The molecule has 1 N–H and O–H groups in total. The molecule has 2 heterocycles. The zero-order chi connectivity index (χ0) is 19.3. The van der Waals surface area contributed by atoms with Crippen molar-refractivity contribution < 1.29 is 14.3 Å². The number of hydrogen-bond acceptors (Lipinski definition) is 5. The quantitative estimate of drug-likeness (QED) is 0.703. The highest BCUT2D eigenvalue weighted by Crippen LogP contribution is 2.32.